The van der Waals surface area contributed by atoms with E-state index in [2.05, 4.69) is 5.32 Å². The molecule has 1 amide bonds. The zero-order valence-electron chi connectivity index (χ0n) is 17.6. The second-order valence-corrected chi connectivity index (χ2v) is 7.30. The molecule has 2 aliphatic rings. The van der Waals surface area contributed by atoms with E-state index in [1.165, 1.54) is 6.92 Å². The van der Waals surface area contributed by atoms with Gasteiger partial charge in [-0.15, -0.1) is 0 Å². The largest absolute Gasteiger partial charge is 0.462 e. The molecule has 1 spiro atoms. The number of anilines is 1. The van der Waals surface area contributed by atoms with Gasteiger partial charge in [0.2, 0.25) is 11.8 Å². The monoisotopic (exact) mass is 434 g/mol. The van der Waals surface area contributed by atoms with Crippen LogP contribution in [0.25, 0.3) is 0 Å². The van der Waals surface area contributed by atoms with Gasteiger partial charge in [-0.1, -0.05) is 48.5 Å². The average Bonchev–Trinajstić information content (AvgIpc) is 3.05. The molecule has 0 saturated heterocycles. The molecule has 0 aliphatic carbocycles. The van der Waals surface area contributed by atoms with E-state index in [1.54, 1.807) is 43.3 Å². The maximum atomic E-state index is 13.5. The molecule has 3 N–H and O–H groups in total. The number of para-hydroxylation sites is 1. The van der Waals surface area contributed by atoms with Crippen LogP contribution in [0.1, 0.15) is 25.0 Å². The number of fused-ring (bicyclic) bond motifs is 2. The molecular formula is C24H22N2O6. The Labute approximate surface area is 184 Å². The molecule has 2 aliphatic heterocycles. The van der Waals surface area contributed by atoms with Gasteiger partial charge in [0.25, 0.3) is 0 Å². The number of allylic oxidation sites excluding steroid dienone is 1. The van der Waals surface area contributed by atoms with Gasteiger partial charge in [0.1, 0.15) is 28.9 Å². The third kappa shape index (κ3) is 3.20. The van der Waals surface area contributed by atoms with Crippen molar-refractivity contribution in [1.82, 2.24) is 0 Å². The highest BCUT2D eigenvalue weighted by atomic mass is 16.5. The second-order valence-electron chi connectivity index (χ2n) is 7.30. The van der Waals surface area contributed by atoms with Crippen molar-refractivity contribution in [2.75, 3.05) is 11.9 Å². The van der Waals surface area contributed by atoms with Gasteiger partial charge in [-0.3, -0.25) is 4.79 Å². The number of amides is 1. The molecule has 1 atom stereocenters. The van der Waals surface area contributed by atoms with Crippen molar-refractivity contribution >= 4 is 23.5 Å². The first kappa shape index (κ1) is 21.2. The topological polar surface area (TPSA) is 117 Å². The summed E-state index contributed by atoms with van der Waals surface area (Å²) in [6, 6.07) is 15.8. The molecule has 0 bridgehead atoms. The molecule has 2 aromatic carbocycles. The maximum absolute atomic E-state index is 13.5. The molecule has 0 fully saturated rings. The summed E-state index contributed by atoms with van der Waals surface area (Å²) in [5.41, 5.74) is 5.51. The summed E-state index contributed by atoms with van der Waals surface area (Å²) >= 11 is 0. The van der Waals surface area contributed by atoms with Gasteiger partial charge >= 0.3 is 11.9 Å². The summed E-state index contributed by atoms with van der Waals surface area (Å²) in [5, 5.41) is 2.75. The average molecular weight is 434 g/mol. The van der Waals surface area contributed by atoms with Gasteiger partial charge in [-0.2, -0.15) is 0 Å². The predicted octanol–water partition coefficient (Wildman–Crippen LogP) is 2.66. The van der Waals surface area contributed by atoms with Crippen LogP contribution in [0.4, 0.5) is 5.69 Å². The molecular weight excluding hydrogens is 412 g/mol. The van der Waals surface area contributed by atoms with Gasteiger partial charge in [0.15, 0.2) is 0 Å². The highest BCUT2D eigenvalue weighted by Crippen LogP contribution is 2.52. The van der Waals surface area contributed by atoms with Crippen LogP contribution >= 0.6 is 0 Å². The van der Waals surface area contributed by atoms with Crippen molar-refractivity contribution in [1.29, 1.82) is 0 Å². The Kier molecular flexibility index (Phi) is 5.44. The SMILES string of the molecule is CCOC(=O)C1=C(C)OC(N)=C(C(=O)OCc2ccccc2)C12C(=O)Nc1ccccc12. The summed E-state index contributed by atoms with van der Waals surface area (Å²) in [5.74, 6) is -2.49. The van der Waals surface area contributed by atoms with Gasteiger partial charge in [-0.05, 0) is 25.5 Å². The first-order valence-corrected chi connectivity index (χ1v) is 10.1. The number of ether oxygens (including phenoxy) is 3. The third-order valence-corrected chi connectivity index (χ3v) is 5.43. The first-order valence-electron chi connectivity index (χ1n) is 10.1. The fourth-order valence-electron chi connectivity index (χ4n) is 4.14. The fourth-order valence-corrected chi connectivity index (χ4v) is 4.14. The minimum Gasteiger partial charge on any atom is -0.462 e. The van der Waals surface area contributed by atoms with Gasteiger partial charge in [0, 0.05) is 11.3 Å². The summed E-state index contributed by atoms with van der Waals surface area (Å²) in [6.45, 7) is 3.17. The van der Waals surface area contributed by atoms with E-state index in [0.29, 0.717) is 11.3 Å². The lowest BCUT2D eigenvalue weighted by Gasteiger charge is -2.35. The van der Waals surface area contributed by atoms with Crippen LogP contribution in [-0.2, 0) is 40.6 Å². The Morgan fingerprint density at radius 2 is 1.66 bits per heavy atom. The van der Waals surface area contributed by atoms with Gasteiger partial charge < -0.3 is 25.3 Å². The number of esters is 2. The third-order valence-electron chi connectivity index (χ3n) is 5.43. The summed E-state index contributed by atoms with van der Waals surface area (Å²) in [4.78, 5) is 39.9. The number of carbonyl (C=O) groups excluding carboxylic acids is 3. The summed E-state index contributed by atoms with van der Waals surface area (Å²) in [7, 11) is 0. The quantitative estimate of drug-likeness (QED) is 0.695. The maximum Gasteiger partial charge on any atom is 0.341 e. The highest BCUT2D eigenvalue weighted by Gasteiger charge is 2.61. The molecule has 4 rings (SSSR count). The van der Waals surface area contributed by atoms with E-state index in [1.807, 2.05) is 18.2 Å². The Bertz CT molecular complexity index is 1170. The van der Waals surface area contributed by atoms with Crippen LogP contribution in [0.3, 0.4) is 0 Å². The van der Waals surface area contributed by atoms with Crippen molar-refractivity contribution in [2.45, 2.75) is 25.9 Å². The Morgan fingerprint density at radius 3 is 2.38 bits per heavy atom. The zero-order valence-corrected chi connectivity index (χ0v) is 17.6. The molecule has 8 heteroatoms. The van der Waals surface area contributed by atoms with Crippen molar-refractivity contribution in [3.63, 3.8) is 0 Å². The van der Waals surface area contributed by atoms with Gasteiger partial charge in [0.05, 0.1) is 6.61 Å². The first-order chi connectivity index (χ1) is 15.4. The van der Waals surface area contributed by atoms with Crippen LogP contribution in [0.5, 0.6) is 0 Å². The van der Waals surface area contributed by atoms with Gasteiger partial charge in [-0.25, -0.2) is 9.59 Å². The van der Waals surface area contributed by atoms with Crippen molar-refractivity contribution < 1.29 is 28.6 Å². The minimum absolute atomic E-state index is 0.0484. The molecule has 0 aromatic heterocycles. The van der Waals surface area contributed by atoms with Crippen LogP contribution < -0.4 is 11.1 Å². The number of nitrogens with two attached hydrogens (primary N) is 1. The van der Waals surface area contributed by atoms with Crippen LogP contribution in [0.15, 0.2) is 77.4 Å². The number of benzene rings is 2. The lowest BCUT2D eigenvalue weighted by molar-refractivity contribution is -0.144. The number of hydrogen-bond donors (Lipinski definition) is 2. The Morgan fingerprint density at radius 1 is 1.00 bits per heavy atom. The number of hydrogen-bond acceptors (Lipinski definition) is 7. The Balaban J connectivity index is 1.86. The van der Waals surface area contributed by atoms with Crippen LogP contribution in [0.2, 0.25) is 0 Å². The Hall–Kier alpha value is -4.07. The standard InChI is InChI=1S/C24H22N2O6/c1-3-30-21(27)18-14(2)32-20(25)19(22(28)31-13-15-9-5-4-6-10-15)24(18)16-11-7-8-12-17(16)26-23(24)29/h4-12H,3,13,25H2,1-2H3,(H,26,29). The second kappa shape index (κ2) is 8.22. The van der Waals surface area contributed by atoms with E-state index in [4.69, 9.17) is 19.9 Å². The van der Waals surface area contributed by atoms with E-state index in [-0.39, 0.29) is 36.0 Å². The van der Waals surface area contributed by atoms with Crippen LogP contribution in [0, 0.1) is 0 Å². The number of nitrogens with one attached hydrogen (secondary N) is 1. The summed E-state index contributed by atoms with van der Waals surface area (Å²) < 4.78 is 16.3. The smallest absolute Gasteiger partial charge is 0.341 e. The normalized spacial score (nSPS) is 19.4. The van der Waals surface area contributed by atoms with E-state index >= 15 is 0 Å². The van der Waals surface area contributed by atoms with E-state index in [9.17, 15) is 14.4 Å². The molecule has 8 nitrogen and oxygen atoms in total. The molecule has 32 heavy (non-hydrogen) atoms. The van der Waals surface area contributed by atoms with E-state index in [0.717, 1.165) is 5.56 Å². The molecule has 164 valence electrons. The fraction of sp³-hybridized carbons (Fsp3) is 0.208. The zero-order chi connectivity index (χ0) is 22.9. The molecule has 0 saturated carbocycles. The number of carbonyl (C=O) groups is 3. The minimum atomic E-state index is -1.86. The lowest BCUT2D eigenvalue weighted by Crippen LogP contribution is -2.48. The highest BCUT2D eigenvalue weighted by molar-refractivity contribution is 6.21. The van der Waals surface area contributed by atoms with Crippen molar-refractivity contribution in [2.24, 2.45) is 5.73 Å². The van der Waals surface area contributed by atoms with Crippen LogP contribution in [-0.4, -0.2) is 24.5 Å². The predicted molar refractivity (Wildman–Crippen MR) is 115 cm³/mol. The molecule has 1 unspecified atom stereocenters. The molecule has 2 heterocycles. The summed E-state index contributed by atoms with van der Waals surface area (Å²) in [6.07, 6.45) is 0. The molecule has 2 aromatic rings. The van der Waals surface area contributed by atoms with E-state index < -0.39 is 23.3 Å². The lowest BCUT2D eigenvalue weighted by atomic mass is 9.67. The molecule has 0 radical (unpaired) electrons. The number of rotatable bonds is 5. The van der Waals surface area contributed by atoms with Crippen molar-refractivity contribution in [3.8, 4) is 0 Å². The van der Waals surface area contributed by atoms with Crippen molar-refractivity contribution in [3.05, 3.63) is 88.5 Å².